The maximum atomic E-state index is 13.3. The quantitative estimate of drug-likeness (QED) is 0.614. The summed E-state index contributed by atoms with van der Waals surface area (Å²) < 4.78 is 14.7. The van der Waals surface area contributed by atoms with E-state index in [0.717, 1.165) is 9.80 Å². The van der Waals surface area contributed by atoms with Gasteiger partial charge >= 0.3 is 17.8 Å². The summed E-state index contributed by atoms with van der Waals surface area (Å²) in [5, 5.41) is 4.24. The number of carbonyl (C=O) groups is 3. The number of urea groups is 1. The zero-order chi connectivity index (χ0) is 18.1. The summed E-state index contributed by atoms with van der Waals surface area (Å²) in [6, 6.07) is 6.86. The van der Waals surface area contributed by atoms with Crippen LogP contribution in [0.3, 0.4) is 0 Å². The van der Waals surface area contributed by atoms with Gasteiger partial charge in [-0.15, -0.1) is 0 Å². The Labute approximate surface area is 143 Å². The standard InChI is InChI=1S/C17H17FN4O3/c1-11(2)9-20-15(23)16(24)21(17(20)25)10-13-6-7-22(19-13)14-5-3-4-12(18)8-14/h3-8,11H,9-10H2,1-2H3. The molecule has 0 bridgehead atoms. The average molecular weight is 344 g/mol. The van der Waals surface area contributed by atoms with Gasteiger partial charge in [-0.2, -0.15) is 5.10 Å². The maximum Gasteiger partial charge on any atom is 0.334 e. The van der Waals surface area contributed by atoms with Crippen molar-refractivity contribution in [2.75, 3.05) is 6.54 Å². The van der Waals surface area contributed by atoms with Gasteiger partial charge in [0.25, 0.3) is 0 Å². The Bertz CT molecular complexity index is 846. The molecular weight excluding hydrogens is 327 g/mol. The van der Waals surface area contributed by atoms with Crippen LogP contribution in [0.15, 0.2) is 36.5 Å². The second-order valence-corrected chi connectivity index (χ2v) is 6.21. The fraction of sp³-hybridized carbons (Fsp3) is 0.294. The van der Waals surface area contributed by atoms with Crippen LogP contribution in [0.5, 0.6) is 0 Å². The Morgan fingerprint density at radius 2 is 1.80 bits per heavy atom. The van der Waals surface area contributed by atoms with E-state index in [1.807, 2.05) is 13.8 Å². The summed E-state index contributed by atoms with van der Waals surface area (Å²) in [5.41, 5.74) is 0.938. The molecule has 0 saturated carbocycles. The summed E-state index contributed by atoms with van der Waals surface area (Å²) in [6.45, 7) is 3.79. The molecule has 8 heteroatoms. The number of nitrogens with zero attached hydrogens (tertiary/aromatic N) is 4. The molecule has 1 aromatic heterocycles. The minimum Gasteiger partial charge on any atom is -0.263 e. The van der Waals surface area contributed by atoms with Gasteiger partial charge in [-0.3, -0.25) is 14.5 Å². The number of benzene rings is 1. The van der Waals surface area contributed by atoms with Crippen LogP contribution in [0.2, 0.25) is 0 Å². The molecule has 3 rings (SSSR count). The molecule has 0 radical (unpaired) electrons. The molecule has 2 aromatic rings. The van der Waals surface area contributed by atoms with Crippen LogP contribution in [0.1, 0.15) is 19.5 Å². The minimum absolute atomic E-state index is 0.0628. The van der Waals surface area contributed by atoms with Crippen molar-refractivity contribution in [2.45, 2.75) is 20.4 Å². The van der Waals surface area contributed by atoms with E-state index in [4.69, 9.17) is 0 Å². The molecule has 0 spiro atoms. The molecule has 0 aliphatic carbocycles. The molecule has 0 atom stereocenters. The van der Waals surface area contributed by atoms with Gasteiger partial charge in [-0.05, 0) is 30.2 Å². The summed E-state index contributed by atoms with van der Waals surface area (Å²) in [6.07, 6.45) is 1.60. The molecular formula is C17H17FN4O3. The van der Waals surface area contributed by atoms with Crippen LogP contribution < -0.4 is 0 Å². The summed E-state index contributed by atoms with van der Waals surface area (Å²) >= 11 is 0. The normalized spacial score (nSPS) is 15.0. The number of imide groups is 2. The van der Waals surface area contributed by atoms with E-state index in [1.54, 1.807) is 24.4 Å². The molecule has 4 amide bonds. The van der Waals surface area contributed by atoms with Crippen molar-refractivity contribution < 1.29 is 18.8 Å². The molecule has 2 heterocycles. The van der Waals surface area contributed by atoms with E-state index in [-0.39, 0.29) is 19.0 Å². The molecule has 1 aliphatic heterocycles. The Balaban J connectivity index is 1.78. The number of carbonyl (C=O) groups excluding carboxylic acids is 3. The number of amides is 4. The fourth-order valence-electron chi connectivity index (χ4n) is 2.59. The third kappa shape index (κ3) is 3.28. The van der Waals surface area contributed by atoms with E-state index in [1.165, 1.54) is 16.8 Å². The lowest BCUT2D eigenvalue weighted by Gasteiger charge is -2.16. The Kier molecular flexibility index (Phi) is 4.35. The first-order valence-electron chi connectivity index (χ1n) is 7.84. The highest BCUT2D eigenvalue weighted by Crippen LogP contribution is 2.17. The van der Waals surface area contributed by atoms with Crippen LogP contribution in [0.25, 0.3) is 5.69 Å². The van der Waals surface area contributed by atoms with Crippen molar-refractivity contribution in [3.63, 3.8) is 0 Å². The lowest BCUT2D eigenvalue weighted by molar-refractivity contribution is -0.143. The third-order valence-electron chi connectivity index (χ3n) is 3.72. The largest absolute Gasteiger partial charge is 0.334 e. The van der Waals surface area contributed by atoms with E-state index in [9.17, 15) is 18.8 Å². The van der Waals surface area contributed by atoms with Crippen molar-refractivity contribution in [1.29, 1.82) is 0 Å². The molecule has 0 N–H and O–H groups in total. The van der Waals surface area contributed by atoms with Crippen LogP contribution >= 0.6 is 0 Å². The monoisotopic (exact) mass is 344 g/mol. The van der Waals surface area contributed by atoms with Gasteiger partial charge in [0.15, 0.2) is 0 Å². The average Bonchev–Trinajstić information content (AvgIpc) is 3.10. The smallest absolute Gasteiger partial charge is 0.263 e. The highest BCUT2D eigenvalue weighted by atomic mass is 19.1. The molecule has 1 saturated heterocycles. The van der Waals surface area contributed by atoms with Crippen molar-refractivity contribution in [3.05, 3.63) is 48.0 Å². The first-order chi connectivity index (χ1) is 11.9. The van der Waals surface area contributed by atoms with Crippen molar-refractivity contribution in [1.82, 2.24) is 19.6 Å². The number of hydrogen-bond acceptors (Lipinski definition) is 4. The van der Waals surface area contributed by atoms with Gasteiger partial charge in [-0.25, -0.2) is 18.8 Å². The summed E-state index contributed by atoms with van der Waals surface area (Å²) in [7, 11) is 0. The number of aromatic nitrogens is 2. The van der Waals surface area contributed by atoms with Crippen molar-refractivity contribution in [3.8, 4) is 5.69 Å². The first kappa shape index (κ1) is 16.8. The van der Waals surface area contributed by atoms with Crippen molar-refractivity contribution in [2.24, 2.45) is 5.92 Å². The van der Waals surface area contributed by atoms with Crippen LogP contribution in [0.4, 0.5) is 9.18 Å². The Morgan fingerprint density at radius 3 is 2.48 bits per heavy atom. The van der Waals surface area contributed by atoms with Gasteiger partial charge in [-0.1, -0.05) is 19.9 Å². The highest BCUT2D eigenvalue weighted by molar-refractivity contribution is 6.44. The lowest BCUT2D eigenvalue weighted by Crippen LogP contribution is -2.35. The second kappa shape index (κ2) is 6.46. The highest BCUT2D eigenvalue weighted by Gasteiger charge is 2.44. The summed E-state index contributed by atoms with van der Waals surface area (Å²) in [4.78, 5) is 38.2. The molecule has 7 nitrogen and oxygen atoms in total. The van der Waals surface area contributed by atoms with Crippen LogP contribution in [-0.2, 0) is 16.1 Å². The maximum absolute atomic E-state index is 13.3. The number of rotatable bonds is 5. The SMILES string of the molecule is CC(C)CN1C(=O)C(=O)N(Cc2ccn(-c3cccc(F)c3)n2)C1=O. The third-order valence-corrected chi connectivity index (χ3v) is 3.72. The Morgan fingerprint density at radius 1 is 1.08 bits per heavy atom. The Hall–Kier alpha value is -3.03. The predicted octanol–water partition coefficient (Wildman–Crippen LogP) is 1.96. The fourth-order valence-corrected chi connectivity index (χ4v) is 2.59. The second-order valence-electron chi connectivity index (χ2n) is 6.21. The number of halogens is 1. The zero-order valence-electron chi connectivity index (χ0n) is 13.8. The minimum atomic E-state index is -0.856. The molecule has 25 heavy (non-hydrogen) atoms. The van der Waals surface area contributed by atoms with E-state index in [2.05, 4.69) is 5.10 Å². The topological polar surface area (TPSA) is 75.5 Å². The van der Waals surface area contributed by atoms with Crippen LogP contribution in [-0.4, -0.2) is 44.0 Å². The van der Waals surface area contributed by atoms with Gasteiger partial charge in [0.1, 0.15) is 5.82 Å². The number of hydrogen-bond donors (Lipinski definition) is 0. The van der Waals surface area contributed by atoms with Gasteiger partial charge in [0, 0.05) is 12.7 Å². The first-order valence-corrected chi connectivity index (χ1v) is 7.84. The zero-order valence-corrected chi connectivity index (χ0v) is 13.8. The molecule has 0 unspecified atom stereocenters. The van der Waals surface area contributed by atoms with Gasteiger partial charge < -0.3 is 0 Å². The van der Waals surface area contributed by atoms with E-state index < -0.39 is 23.7 Å². The lowest BCUT2D eigenvalue weighted by atomic mass is 10.2. The van der Waals surface area contributed by atoms with E-state index in [0.29, 0.717) is 11.4 Å². The molecule has 1 aromatic carbocycles. The molecule has 130 valence electrons. The van der Waals surface area contributed by atoms with Crippen LogP contribution in [0, 0.1) is 11.7 Å². The van der Waals surface area contributed by atoms with E-state index >= 15 is 0 Å². The van der Waals surface area contributed by atoms with Crippen molar-refractivity contribution >= 4 is 17.8 Å². The predicted molar refractivity (Wildman–Crippen MR) is 86.0 cm³/mol. The van der Waals surface area contributed by atoms with Gasteiger partial charge in [0.2, 0.25) is 0 Å². The summed E-state index contributed by atoms with van der Waals surface area (Å²) in [5.74, 6) is -2.00. The van der Waals surface area contributed by atoms with Gasteiger partial charge in [0.05, 0.1) is 17.9 Å². The molecule has 1 fully saturated rings. The molecule has 1 aliphatic rings.